The summed E-state index contributed by atoms with van der Waals surface area (Å²) in [4.78, 5) is 32.8. The monoisotopic (exact) mass is 426 g/mol. The van der Waals surface area contributed by atoms with E-state index in [0.29, 0.717) is 21.9 Å². The van der Waals surface area contributed by atoms with E-state index in [2.05, 4.69) is 5.32 Å². The van der Waals surface area contributed by atoms with Crippen molar-refractivity contribution in [2.24, 2.45) is 0 Å². The molecule has 1 aromatic carbocycles. The highest BCUT2D eigenvalue weighted by atomic mass is 32.1. The Kier molecular flexibility index (Phi) is 5.67. The van der Waals surface area contributed by atoms with Gasteiger partial charge in [-0.15, -0.1) is 11.3 Å². The van der Waals surface area contributed by atoms with Crippen LogP contribution in [0.25, 0.3) is 10.2 Å². The van der Waals surface area contributed by atoms with Crippen molar-refractivity contribution in [2.75, 3.05) is 19.3 Å². The van der Waals surface area contributed by atoms with E-state index >= 15 is 0 Å². The largest absolute Gasteiger partial charge is 0.397 e. The number of pyridine rings is 1. The predicted molar refractivity (Wildman–Crippen MR) is 116 cm³/mol. The molecule has 1 saturated heterocycles. The van der Waals surface area contributed by atoms with E-state index in [0.717, 1.165) is 35.9 Å². The van der Waals surface area contributed by atoms with Gasteiger partial charge in [-0.25, -0.2) is 9.37 Å². The molecule has 0 saturated carbocycles. The second kappa shape index (κ2) is 8.39. The number of likely N-dealkylation sites (tertiary alicyclic amines) is 1. The molecule has 3 aromatic rings. The van der Waals surface area contributed by atoms with Gasteiger partial charge >= 0.3 is 0 Å². The standard InChI is InChI=1S/C22H23FN4O2S/c1-25-21(29)20-19(24)15-9-10-16(26-22(15)30-20)17-4-2-3-11-27(17)18(28)12-13-5-7-14(23)8-6-13/h5-10,17H,2-4,11-12,24H2,1H3,(H,25,29)/t17-/m1/s1. The number of nitrogens with one attached hydrogen (secondary N) is 1. The van der Waals surface area contributed by atoms with Gasteiger partial charge in [0.1, 0.15) is 15.5 Å². The number of aromatic nitrogens is 1. The van der Waals surface area contributed by atoms with Crippen LogP contribution < -0.4 is 11.1 Å². The van der Waals surface area contributed by atoms with E-state index in [1.165, 1.54) is 23.5 Å². The van der Waals surface area contributed by atoms with Crippen molar-refractivity contribution < 1.29 is 14.0 Å². The second-order valence-corrected chi connectivity index (χ2v) is 8.41. The number of rotatable bonds is 4. The molecule has 1 atom stereocenters. The molecule has 0 radical (unpaired) electrons. The molecule has 8 heteroatoms. The van der Waals surface area contributed by atoms with Gasteiger partial charge in [0.2, 0.25) is 5.91 Å². The molecule has 2 aromatic heterocycles. The summed E-state index contributed by atoms with van der Waals surface area (Å²) >= 11 is 1.26. The number of carbonyl (C=O) groups is 2. The number of hydrogen-bond donors (Lipinski definition) is 2. The Morgan fingerprint density at radius 2 is 2.00 bits per heavy atom. The first-order chi connectivity index (χ1) is 14.5. The molecule has 0 bridgehead atoms. The van der Waals surface area contributed by atoms with Gasteiger partial charge in [0.05, 0.1) is 23.8 Å². The third-order valence-corrected chi connectivity index (χ3v) is 6.60. The first-order valence-electron chi connectivity index (χ1n) is 9.93. The maximum absolute atomic E-state index is 13.2. The van der Waals surface area contributed by atoms with Crippen molar-refractivity contribution in [3.63, 3.8) is 0 Å². The first kappa shape index (κ1) is 20.3. The molecule has 0 spiro atoms. The Morgan fingerprint density at radius 1 is 1.23 bits per heavy atom. The topological polar surface area (TPSA) is 88.3 Å². The number of carbonyl (C=O) groups excluding carboxylic acids is 2. The van der Waals surface area contributed by atoms with Crippen molar-refractivity contribution in [3.8, 4) is 0 Å². The molecular formula is C22H23FN4O2S. The highest BCUT2D eigenvalue weighted by Crippen LogP contribution is 2.36. The van der Waals surface area contributed by atoms with Crippen LogP contribution in [0.2, 0.25) is 0 Å². The normalized spacial score (nSPS) is 16.6. The minimum Gasteiger partial charge on any atom is -0.397 e. The third kappa shape index (κ3) is 3.87. The smallest absolute Gasteiger partial charge is 0.263 e. The zero-order valence-corrected chi connectivity index (χ0v) is 17.5. The molecule has 156 valence electrons. The fraction of sp³-hybridized carbons (Fsp3) is 0.318. The number of nitrogens with zero attached hydrogens (tertiary/aromatic N) is 2. The average molecular weight is 427 g/mol. The Bertz CT molecular complexity index is 1100. The van der Waals surface area contributed by atoms with Gasteiger partial charge in [-0.3, -0.25) is 9.59 Å². The molecule has 3 heterocycles. The van der Waals surface area contributed by atoms with E-state index in [-0.39, 0.29) is 30.1 Å². The highest BCUT2D eigenvalue weighted by Gasteiger charge is 2.29. The van der Waals surface area contributed by atoms with Crippen LogP contribution in [0.1, 0.15) is 46.2 Å². The van der Waals surface area contributed by atoms with Crippen LogP contribution in [-0.4, -0.2) is 35.3 Å². The Hall–Kier alpha value is -3.00. The van der Waals surface area contributed by atoms with E-state index in [9.17, 15) is 14.0 Å². The summed E-state index contributed by atoms with van der Waals surface area (Å²) < 4.78 is 13.2. The number of thiophene rings is 1. The van der Waals surface area contributed by atoms with Crippen molar-refractivity contribution in [2.45, 2.75) is 31.7 Å². The van der Waals surface area contributed by atoms with Crippen LogP contribution in [0.5, 0.6) is 0 Å². The van der Waals surface area contributed by atoms with Crippen LogP contribution in [0.15, 0.2) is 36.4 Å². The summed E-state index contributed by atoms with van der Waals surface area (Å²) in [6.07, 6.45) is 3.02. The van der Waals surface area contributed by atoms with E-state index in [1.807, 2.05) is 17.0 Å². The molecule has 3 N–H and O–H groups in total. The lowest BCUT2D eigenvalue weighted by Crippen LogP contribution is -2.39. The van der Waals surface area contributed by atoms with Crippen molar-refractivity contribution in [1.82, 2.24) is 15.2 Å². The summed E-state index contributed by atoms with van der Waals surface area (Å²) in [5, 5.41) is 3.35. The molecule has 0 unspecified atom stereocenters. The van der Waals surface area contributed by atoms with E-state index in [1.54, 1.807) is 19.2 Å². The molecular weight excluding hydrogens is 403 g/mol. The fourth-order valence-electron chi connectivity index (χ4n) is 3.90. The van der Waals surface area contributed by atoms with Gasteiger partial charge in [-0.1, -0.05) is 12.1 Å². The van der Waals surface area contributed by atoms with Crippen LogP contribution in [0.4, 0.5) is 10.1 Å². The van der Waals surface area contributed by atoms with Crippen molar-refractivity contribution in [3.05, 3.63) is 58.3 Å². The molecule has 6 nitrogen and oxygen atoms in total. The predicted octanol–water partition coefficient (Wildman–Crippen LogP) is 3.67. The number of nitrogen functional groups attached to an aromatic ring is 1. The first-order valence-corrected chi connectivity index (χ1v) is 10.7. The lowest BCUT2D eigenvalue weighted by molar-refractivity contribution is -0.134. The van der Waals surface area contributed by atoms with Crippen LogP contribution >= 0.6 is 11.3 Å². The van der Waals surface area contributed by atoms with E-state index in [4.69, 9.17) is 10.7 Å². The van der Waals surface area contributed by atoms with Crippen molar-refractivity contribution in [1.29, 1.82) is 0 Å². The Morgan fingerprint density at radius 3 is 2.73 bits per heavy atom. The van der Waals surface area contributed by atoms with Gasteiger partial charge in [-0.2, -0.15) is 0 Å². The summed E-state index contributed by atoms with van der Waals surface area (Å²) in [7, 11) is 1.57. The molecule has 1 fully saturated rings. The number of nitrogens with two attached hydrogens (primary N) is 1. The van der Waals surface area contributed by atoms with Crippen LogP contribution in [0, 0.1) is 5.82 Å². The van der Waals surface area contributed by atoms with Crippen LogP contribution in [-0.2, 0) is 11.2 Å². The van der Waals surface area contributed by atoms with Crippen molar-refractivity contribution >= 4 is 39.1 Å². The molecule has 4 rings (SSSR count). The van der Waals surface area contributed by atoms with E-state index < -0.39 is 0 Å². The number of halogens is 1. The van der Waals surface area contributed by atoms with Gasteiger partial charge in [0.15, 0.2) is 0 Å². The minimum atomic E-state index is -0.314. The third-order valence-electron chi connectivity index (χ3n) is 5.48. The highest BCUT2D eigenvalue weighted by molar-refractivity contribution is 7.21. The molecule has 2 amide bonds. The SMILES string of the molecule is CNC(=O)c1sc2nc([C@H]3CCCCN3C(=O)Cc3ccc(F)cc3)ccc2c1N. The maximum atomic E-state index is 13.2. The minimum absolute atomic E-state index is 0.00458. The molecule has 1 aliphatic rings. The van der Waals surface area contributed by atoms with Gasteiger partial charge in [0, 0.05) is 19.0 Å². The molecule has 0 aliphatic carbocycles. The maximum Gasteiger partial charge on any atom is 0.263 e. The number of anilines is 1. The van der Waals surface area contributed by atoms with Gasteiger partial charge in [-0.05, 0) is 49.1 Å². The number of hydrogen-bond acceptors (Lipinski definition) is 5. The summed E-state index contributed by atoms with van der Waals surface area (Å²) in [6.45, 7) is 0.667. The van der Waals surface area contributed by atoms with Crippen LogP contribution in [0.3, 0.4) is 0 Å². The zero-order valence-electron chi connectivity index (χ0n) is 16.7. The Labute approximate surface area is 177 Å². The van der Waals surface area contributed by atoms with Gasteiger partial charge < -0.3 is 16.0 Å². The Balaban J connectivity index is 1.61. The summed E-state index contributed by atoms with van der Waals surface area (Å²) in [5.74, 6) is -0.540. The number of amides is 2. The quantitative estimate of drug-likeness (QED) is 0.666. The number of fused-ring (bicyclic) bond motifs is 1. The molecule has 1 aliphatic heterocycles. The lowest BCUT2D eigenvalue weighted by Gasteiger charge is -2.35. The number of piperidine rings is 1. The summed E-state index contributed by atoms with van der Waals surface area (Å²) in [6, 6.07) is 9.69. The summed E-state index contributed by atoms with van der Waals surface area (Å²) in [5.41, 5.74) is 8.16. The number of benzene rings is 1. The van der Waals surface area contributed by atoms with Gasteiger partial charge in [0.25, 0.3) is 5.91 Å². The molecule has 30 heavy (non-hydrogen) atoms. The average Bonchev–Trinajstić information content (AvgIpc) is 3.10. The lowest BCUT2D eigenvalue weighted by atomic mass is 9.97. The zero-order chi connectivity index (χ0) is 21.3. The second-order valence-electron chi connectivity index (χ2n) is 7.41. The fourth-order valence-corrected chi connectivity index (χ4v) is 4.94.